The standard InChI is InChI=1S/C19H21F3N2O2/c1-24(2)17(14-7-4-3-5-8-14)12-23-18(25)13-26-16-10-6-9-15(11-16)19(20,21)22/h3-11,17H,12-13H2,1-2H3,(H,23,25). The number of carbonyl (C=O) groups excluding carboxylic acids is 1. The van der Waals surface area contributed by atoms with Gasteiger partial charge in [0.25, 0.3) is 5.91 Å². The van der Waals surface area contributed by atoms with E-state index in [9.17, 15) is 18.0 Å². The highest BCUT2D eigenvalue weighted by molar-refractivity contribution is 5.77. The number of nitrogens with one attached hydrogen (secondary N) is 1. The fourth-order valence-electron chi connectivity index (χ4n) is 2.45. The average Bonchev–Trinajstić information content (AvgIpc) is 2.60. The quantitative estimate of drug-likeness (QED) is 0.816. The van der Waals surface area contributed by atoms with Crippen molar-refractivity contribution in [2.75, 3.05) is 27.2 Å². The molecule has 1 amide bonds. The van der Waals surface area contributed by atoms with E-state index >= 15 is 0 Å². The zero-order valence-corrected chi connectivity index (χ0v) is 14.6. The summed E-state index contributed by atoms with van der Waals surface area (Å²) in [5.41, 5.74) is 0.240. The molecule has 1 N–H and O–H groups in total. The zero-order valence-electron chi connectivity index (χ0n) is 14.6. The fraction of sp³-hybridized carbons (Fsp3) is 0.316. The van der Waals surface area contributed by atoms with Crippen LogP contribution in [0.25, 0.3) is 0 Å². The van der Waals surface area contributed by atoms with Gasteiger partial charge in [-0.15, -0.1) is 0 Å². The molecule has 2 aromatic rings. The molecule has 0 bridgehead atoms. The Kier molecular flexibility index (Phi) is 6.63. The summed E-state index contributed by atoms with van der Waals surface area (Å²) < 4.78 is 43.2. The summed E-state index contributed by atoms with van der Waals surface area (Å²) in [4.78, 5) is 14.0. The van der Waals surface area contributed by atoms with Crippen molar-refractivity contribution in [3.8, 4) is 5.75 Å². The van der Waals surface area contributed by atoms with Crippen molar-refractivity contribution in [3.63, 3.8) is 0 Å². The predicted molar refractivity (Wildman–Crippen MR) is 92.8 cm³/mol. The van der Waals surface area contributed by atoms with Gasteiger partial charge in [0, 0.05) is 6.54 Å². The van der Waals surface area contributed by atoms with Gasteiger partial charge in [-0.3, -0.25) is 4.79 Å². The van der Waals surface area contributed by atoms with E-state index in [4.69, 9.17) is 4.74 Å². The van der Waals surface area contributed by atoms with E-state index in [1.54, 1.807) is 0 Å². The Bertz CT molecular complexity index is 718. The van der Waals surface area contributed by atoms with Gasteiger partial charge >= 0.3 is 6.18 Å². The molecule has 0 spiro atoms. The zero-order chi connectivity index (χ0) is 19.2. The van der Waals surface area contributed by atoms with Gasteiger partial charge < -0.3 is 15.0 Å². The van der Waals surface area contributed by atoms with Gasteiger partial charge in [0.05, 0.1) is 11.6 Å². The van der Waals surface area contributed by atoms with Crippen LogP contribution < -0.4 is 10.1 Å². The van der Waals surface area contributed by atoms with E-state index in [2.05, 4.69) is 5.32 Å². The number of halogens is 3. The van der Waals surface area contributed by atoms with Crippen LogP contribution >= 0.6 is 0 Å². The lowest BCUT2D eigenvalue weighted by Gasteiger charge is -2.25. The number of likely N-dealkylation sites (N-methyl/N-ethyl adjacent to an activating group) is 1. The molecule has 2 aromatic carbocycles. The molecule has 26 heavy (non-hydrogen) atoms. The van der Waals surface area contributed by atoms with Gasteiger partial charge in [-0.05, 0) is 37.9 Å². The van der Waals surface area contributed by atoms with Gasteiger partial charge in [-0.2, -0.15) is 13.2 Å². The summed E-state index contributed by atoms with van der Waals surface area (Å²) in [7, 11) is 3.81. The number of amides is 1. The largest absolute Gasteiger partial charge is 0.484 e. The van der Waals surface area contributed by atoms with Crippen molar-refractivity contribution >= 4 is 5.91 Å². The molecule has 0 aliphatic carbocycles. The Balaban J connectivity index is 1.89. The number of hydrogen-bond acceptors (Lipinski definition) is 3. The Morgan fingerprint density at radius 1 is 1.12 bits per heavy atom. The van der Waals surface area contributed by atoms with E-state index in [0.29, 0.717) is 6.54 Å². The Labute approximate surface area is 150 Å². The molecule has 0 aliphatic heterocycles. The number of hydrogen-bond donors (Lipinski definition) is 1. The molecule has 1 atom stereocenters. The minimum atomic E-state index is -4.45. The van der Waals surface area contributed by atoms with Crippen molar-refractivity contribution in [1.82, 2.24) is 10.2 Å². The van der Waals surface area contributed by atoms with Crippen LogP contribution in [0, 0.1) is 0 Å². The highest BCUT2D eigenvalue weighted by Gasteiger charge is 2.30. The lowest BCUT2D eigenvalue weighted by Crippen LogP contribution is -2.36. The minimum absolute atomic E-state index is 0.00203. The molecule has 0 heterocycles. The number of alkyl halides is 3. The van der Waals surface area contributed by atoms with Crippen molar-refractivity contribution in [2.45, 2.75) is 12.2 Å². The first-order chi connectivity index (χ1) is 12.3. The van der Waals surface area contributed by atoms with Gasteiger partial charge in [0.2, 0.25) is 0 Å². The molecule has 1 unspecified atom stereocenters. The predicted octanol–water partition coefficient (Wildman–Crippen LogP) is 3.50. The van der Waals surface area contributed by atoms with Crippen LogP contribution in [-0.2, 0) is 11.0 Å². The maximum atomic E-state index is 12.7. The van der Waals surface area contributed by atoms with E-state index in [-0.39, 0.29) is 18.4 Å². The lowest BCUT2D eigenvalue weighted by atomic mass is 10.1. The molecule has 0 fully saturated rings. The average molecular weight is 366 g/mol. The van der Waals surface area contributed by atoms with E-state index in [1.807, 2.05) is 49.3 Å². The molecule has 2 rings (SSSR count). The topological polar surface area (TPSA) is 41.6 Å². The first kappa shape index (κ1) is 19.8. The maximum Gasteiger partial charge on any atom is 0.416 e. The van der Waals surface area contributed by atoms with Crippen molar-refractivity contribution in [3.05, 3.63) is 65.7 Å². The summed E-state index contributed by atoms with van der Waals surface area (Å²) >= 11 is 0. The second kappa shape index (κ2) is 8.71. The molecule has 0 radical (unpaired) electrons. The normalized spacial score (nSPS) is 12.7. The first-order valence-electron chi connectivity index (χ1n) is 8.05. The molecular formula is C19H21F3N2O2. The molecule has 0 saturated carbocycles. The molecule has 7 heteroatoms. The van der Waals surface area contributed by atoms with Crippen LogP contribution in [0.15, 0.2) is 54.6 Å². The van der Waals surface area contributed by atoms with Crippen LogP contribution in [0.3, 0.4) is 0 Å². The Morgan fingerprint density at radius 2 is 1.81 bits per heavy atom. The SMILES string of the molecule is CN(C)C(CNC(=O)COc1cccc(C(F)(F)F)c1)c1ccccc1. The van der Waals surface area contributed by atoms with E-state index < -0.39 is 17.6 Å². The van der Waals surface area contributed by atoms with Crippen LogP contribution in [0.1, 0.15) is 17.2 Å². The molecule has 140 valence electrons. The highest BCUT2D eigenvalue weighted by Crippen LogP contribution is 2.31. The van der Waals surface area contributed by atoms with Crippen LogP contribution in [0.2, 0.25) is 0 Å². The van der Waals surface area contributed by atoms with E-state index in [0.717, 1.165) is 17.7 Å². The summed E-state index contributed by atoms with van der Waals surface area (Å²) in [6.45, 7) is 0.0120. The van der Waals surface area contributed by atoms with Gasteiger partial charge in [-0.1, -0.05) is 36.4 Å². The highest BCUT2D eigenvalue weighted by atomic mass is 19.4. The molecule has 0 saturated heterocycles. The van der Waals surface area contributed by atoms with Crippen LogP contribution in [0.4, 0.5) is 13.2 Å². The minimum Gasteiger partial charge on any atom is -0.484 e. The number of ether oxygens (including phenoxy) is 1. The lowest BCUT2D eigenvalue weighted by molar-refractivity contribution is -0.137. The van der Waals surface area contributed by atoms with Crippen molar-refractivity contribution in [1.29, 1.82) is 0 Å². The number of rotatable bonds is 7. The molecule has 0 aromatic heterocycles. The first-order valence-corrected chi connectivity index (χ1v) is 8.05. The summed E-state index contributed by atoms with van der Waals surface area (Å²) in [6.07, 6.45) is -4.45. The second-order valence-corrected chi connectivity index (χ2v) is 6.01. The second-order valence-electron chi connectivity index (χ2n) is 6.01. The van der Waals surface area contributed by atoms with Gasteiger partial charge in [0.15, 0.2) is 6.61 Å². The number of nitrogens with zero attached hydrogens (tertiary/aromatic N) is 1. The summed E-state index contributed by atoms with van der Waals surface area (Å²) in [5.74, 6) is -0.396. The Hall–Kier alpha value is -2.54. The smallest absolute Gasteiger partial charge is 0.416 e. The third-order valence-electron chi connectivity index (χ3n) is 3.83. The molecular weight excluding hydrogens is 345 g/mol. The number of benzene rings is 2. The summed E-state index contributed by atoms with van der Waals surface area (Å²) in [6, 6.07) is 14.1. The molecule has 0 aliphatic rings. The van der Waals surface area contributed by atoms with Crippen LogP contribution in [-0.4, -0.2) is 38.1 Å². The fourth-order valence-corrected chi connectivity index (χ4v) is 2.45. The van der Waals surface area contributed by atoms with Crippen molar-refractivity contribution in [2.24, 2.45) is 0 Å². The van der Waals surface area contributed by atoms with Crippen molar-refractivity contribution < 1.29 is 22.7 Å². The summed E-state index contributed by atoms with van der Waals surface area (Å²) in [5, 5.41) is 2.75. The van der Waals surface area contributed by atoms with Crippen LogP contribution in [0.5, 0.6) is 5.75 Å². The Morgan fingerprint density at radius 3 is 2.42 bits per heavy atom. The third kappa shape index (κ3) is 5.77. The maximum absolute atomic E-state index is 12.7. The molecule has 4 nitrogen and oxygen atoms in total. The number of carbonyl (C=O) groups is 1. The van der Waals surface area contributed by atoms with E-state index in [1.165, 1.54) is 12.1 Å². The van der Waals surface area contributed by atoms with Gasteiger partial charge in [0.1, 0.15) is 5.75 Å². The third-order valence-corrected chi connectivity index (χ3v) is 3.83. The van der Waals surface area contributed by atoms with Gasteiger partial charge in [-0.25, -0.2) is 0 Å². The monoisotopic (exact) mass is 366 g/mol.